The van der Waals surface area contributed by atoms with Gasteiger partial charge in [-0.1, -0.05) is 0 Å². The monoisotopic (exact) mass is 265 g/mol. The molecule has 2 aliphatic rings. The van der Waals surface area contributed by atoms with E-state index in [2.05, 4.69) is 33.8 Å². The van der Waals surface area contributed by atoms with Gasteiger partial charge in [0.15, 0.2) is 0 Å². The quantitative estimate of drug-likeness (QED) is 0.766. The van der Waals surface area contributed by atoms with Crippen LogP contribution in [0.4, 0.5) is 5.69 Å². The Labute approximate surface area is 114 Å². The van der Waals surface area contributed by atoms with Crippen molar-refractivity contribution >= 4 is 17.3 Å². The van der Waals surface area contributed by atoms with Gasteiger partial charge in [0.2, 0.25) is 0 Å². The fraction of sp³-hybridized carbons (Fsp3) is 0.643. The predicted octanol–water partition coefficient (Wildman–Crippen LogP) is 2.49. The standard InChI is InChI=1S/C14H20ClN3/c1-11-9-17-6-2-3-14(17)10-18(11)13-4-5-16-12(7-13)8-15/h4-5,7,11,14H,2-3,6,8-10H2,1H3. The Kier molecular flexibility index (Phi) is 3.44. The smallest absolute Gasteiger partial charge is 0.0648 e. The van der Waals surface area contributed by atoms with Gasteiger partial charge in [-0.05, 0) is 38.4 Å². The maximum atomic E-state index is 5.87. The van der Waals surface area contributed by atoms with E-state index in [1.807, 2.05) is 6.20 Å². The highest BCUT2D eigenvalue weighted by molar-refractivity contribution is 6.16. The molecule has 3 rings (SSSR count). The largest absolute Gasteiger partial charge is 0.366 e. The van der Waals surface area contributed by atoms with Crippen LogP contribution >= 0.6 is 11.6 Å². The molecule has 0 aliphatic carbocycles. The summed E-state index contributed by atoms with van der Waals surface area (Å²) in [7, 11) is 0. The highest BCUT2D eigenvalue weighted by atomic mass is 35.5. The summed E-state index contributed by atoms with van der Waals surface area (Å²) in [4.78, 5) is 9.44. The minimum atomic E-state index is 0.492. The second-order valence-electron chi connectivity index (χ2n) is 5.43. The molecule has 3 heterocycles. The molecule has 0 aromatic carbocycles. The zero-order valence-electron chi connectivity index (χ0n) is 10.8. The molecule has 4 heteroatoms. The van der Waals surface area contributed by atoms with Crippen molar-refractivity contribution < 1.29 is 0 Å². The maximum Gasteiger partial charge on any atom is 0.0648 e. The Balaban J connectivity index is 1.81. The van der Waals surface area contributed by atoms with Crippen LogP contribution < -0.4 is 4.90 Å². The molecule has 2 saturated heterocycles. The fourth-order valence-corrected chi connectivity index (χ4v) is 3.41. The number of halogens is 1. The number of anilines is 1. The number of piperazine rings is 1. The summed E-state index contributed by atoms with van der Waals surface area (Å²) in [6.45, 7) is 5.93. The summed E-state index contributed by atoms with van der Waals surface area (Å²) in [5.74, 6) is 0.492. The number of aromatic nitrogens is 1. The first-order valence-corrected chi connectivity index (χ1v) is 7.33. The molecule has 1 aromatic heterocycles. The van der Waals surface area contributed by atoms with E-state index in [1.165, 1.54) is 31.6 Å². The van der Waals surface area contributed by atoms with Crippen LogP contribution in [0.1, 0.15) is 25.5 Å². The van der Waals surface area contributed by atoms with Crippen molar-refractivity contribution in [3.63, 3.8) is 0 Å². The van der Waals surface area contributed by atoms with E-state index in [9.17, 15) is 0 Å². The third-order valence-electron chi connectivity index (χ3n) is 4.21. The van der Waals surface area contributed by atoms with E-state index in [0.29, 0.717) is 11.9 Å². The molecule has 0 amide bonds. The average Bonchev–Trinajstić information content (AvgIpc) is 2.85. The molecule has 18 heavy (non-hydrogen) atoms. The summed E-state index contributed by atoms with van der Waals surface area (Å²) < 4.78 is 0. The highest BCUT2D eigenvalue weighted by Gasteiger charge is 2.34. The Morgan fingerprint density at radius 3 is 3.17 bits per heavy atom. The van der Waals surface area contributed by atoms with Crippen molar-refractivity contribution in [3.8, 4) is 0 Å². The molecule has 2 aliphatic heterocycles. The first kappa shape index (κ1) is 12.2. The van der Waals surface area contributed by atoms with E-state index >= 15 is 0 Å². The van der Waals surface area contributed by atoms with Crippen LogP contribution in [-0.2, 0) is 5.88 Å². The average molecular weight is 266 g/mol. The van der Waals surface area contributed by atoms with E-state index in [-0.39, 0.29) is 0 Å². The van der Waals surface area contributed by atoms with Gasteiger partial charge in [-0.3, -0.25) is 9.88 Å². The van der Waals surface area contributed by atoms with Crippen LogP contribution in [0.5, 0.6) is 0 Å². The van der Waals surface area contributed by atoms with E-state index in [0.717, 1.165) is 18.3 Å². The molecule has 0 bridgehead atoms. The molecule has 98 valence electrons. The molecule has 3 nitrogen and oxygen atoms in total. The summed E-state index contributed by atoms with van der Waals surface area (Å²) >= 11 is 5.87. The highest BCUT2D eigenvalue weighted by Crippen LogP contribution is 2.28. The molecule has 0 radical (unpaired) electrons. The van der Waals surface area contributed by atoms with Gasteiger partial charge in [0.25, 0.3) is 0 Å². The van der Waals surface area contributed by atoms with Crippen LogP contribution in [0.25, 0.3) is 0 Å². The molecule has 1 aromatic rings. The normalized spacial score (nSPS) is 28.4. The van der Waals surface area contributed by atoms with Crippen LogP contribution in [0.2, 0.25) is 0 Å². The van der Waals surface area contributed by atoms with Crippen LogP contribution in [0.15, 0.2) is 18.3 Å². The molecular weight excluding hydrogens is 246 g/mol. The predicted molar refractivity (Wildman–Crippen MR) is 75.2 cm³/mol. The van der Waals surface area contributed by atoms with Gasteiger partial charge >= 0.3 is 0 Å². The zero-order valence-corrected chi connectivity index (χ0v) is 11.6. The van der Waals surface area contributed by atoms with Crippen molar-refractivity contribution in [3.05, 3.63) is 24.0 Å². The van der Waals surface area contributed by atoms with E-state index in [4.69, 9.17) is 11.6 Å². The zero-order chi connectivity index (χ0) is 12.5. The van der Waals surface area contributed by atoms with Gasteiger partial charge in [0, 0.05) is 37.1 Å². The van der Waals surface area contributed by atoms with E-state index < -0.39 is 0 Å². The lowest BCUT2D eigenvalue weighted by molar-refractivity contribution is 0.203. The van der Waals surface area contributed by atoms with Crippen molar-refractivity contribution in [2.24, 2.45) is 0 Å². The van der Waals surface area contributed by atoms with Crippen LogP contribution in [0.3, 0.4) is 0 Å². The van der Waals surface area contributed by atoms with Gasteiger partial charge < -0.3 is 4.90 Å². The lowest BCUT2D eigenvalue weighted by Gasteiger charge is -2.43. The SMILES string of the molecule is CC1CN2CCCC2CN1c1ccnc(CCl)c1. The van der Waals surface area contributed by atoms with E-state index in [1.54, 1.807) is 0 Å². The van der Waals surface area contributed by atoms with Crippen LogP contribution in [0, 0.1) is 0 Å². The summed E-state index contributed by atoms with van der Waals surface area (Å²) in [6.07, 6.45) is 4.58. The van der Waals surface area contributed by atoms with Gasteiger partial charge in [0.05, 0.1) is 11.6 Å². The van der Waals surface area contributed by atoms with Crippen molar-refractivity contribution in [2.45, 2.75) is 37.7 Å². The second kappa shape index (κ2) is 5.06. The minimum Gasteiger partial charge on any atom is -0.366 e. The molecule has 0 saturated carbocycles. The lowest BCUT2D eigenvalue weighted by Crippen LogP contribution is -2.55. The van der Waals surface area contributed by atoms with Gasteiger partial charge in [-0.25, -0.2) is 0 Å². The van der Waals surface area contributed by atoms with Crippen molar-refractivity contribution in [1.29, 1.82) is 0 Å². The van der Waals surface area contributed by atoms with Gasteiger partial charge in [0.1, 0.15) is 0 Å². The molecule has 0 N–H and O–H groups in total. The number of fused-ring (bicyclic) bond motifs is 1. The lowest BCUT2D eigenvalue weighted by atomic mass is 10.1. The van der Waals surface area contributed by atoms with Gasteiger partial charge in [-0.15, -0.1) is 11.6 Å². The molecule has 2 fully saturated rings. The number of alkyl halides is 1. The molecular formula is C14H20ClN3. The van der Waals surface area contributed by atoms with Crippen molar-refractivity contribution in [2.75, 3.05) is 24.5 Å². The maximum absolute atomic E-state index is 5.87. The fourth-order valence-electron chi connectivity index (χ4n) is 3.26. The summed E-state index contributed by atoms with van der Waals surface area (Å²) in [5, 5.41) is 0. The number of pyridine rings is 1. The van der Waals surface area contributed by atoms with Gasteiger partial charge in [-0.2, -0.15) is 0 Å². The Bertz CT molecular complexity index is 423. The Hall–Kier alpha value is -0.800. The second-order valence-corrected chi connectivity index (χ2v) is 5.70. The third-order valence-corrected chi connectivity index (χ3v) is 4.48. The Morgan fingerprint density at radius 1 is 1.44 bits per heavy atom. The summed E-state index contributed by atoms with van der Waals surface area (Å²) in [6, 6.07) is 5.56. The third kappa shape index (κ3) is 2.21. The minimum absolute atomic E-state index is 0.492. The molecule has 0 spiro atoms. The number of hydrogen-bond acceptors (Lipinski definition) is 3. The first-order chi connectivity index (χ1) is 8.78. The summed E-state index contributed by atoms with van der Waals surface area (Å²) in [5.41, 5.74) is 2.25. The number of hydrogen-bond donors (Lipinski definition) is 0. The van der Waals surface area contributed by atoms with Crippen molar-refractivity contribution in [1.82, 2.24) is 9.88 Å². The number of nitrogens with zero attached hydrogens (tertiary/aromatic N) is 3. The Morgan fingerprint density at radius 2 is 2.33 bits per heavy atom. The topological polar surface area (TPSA) is 19.4 Å². The first-order valence-electron chi connectivity index (χ1n) is 6.79. The molecule has 2 unspecified atom stereocenters. The molecule has 2 atom stereocenters. The number of rotatable bonds is 2. The van der Waals surface area contributed by atoms with Crippen LogP contribution in [-0.4, -0.2) is 41.6 Å².